The molecule has 17 heavy (non-hydrogen) atoms. The predicted molar refractivity (Wildman–Crippen MR) is 59.8 cm³/mol. The van der Waals surface area contributed by atoms with Crippen LogP contribution in [0.15, 0.2) is 0 Å². The fourth-order valence-electron chi connectivity index (χ4n) is 2.40. The van der Waals surface area contributed by atoms with Gasteiger partial charge in [0.05, 0.1) is 6.61 Å². The van der Waals surface area contributed by atoms with E-state index in [1.54, 1.807) is 0 Å². The lowest BCUT2D eigenvalue weighted by molar-refractivity contribution is -0.175. The van der Waals surface area contributed by atoms with Crippen LogP contribution in [0.5, 0.6) is 0 Å². The van der Waals surface area contributed by atoms with E-state index < -0.39 is 12.8 Å². The Balaban J connectivity index is 2.26. The highest BCUT2D eigenvalue weighted by Gasteiger charge is 2.36. The van der Waals surface area contributed by atoms with Crippen LogP contribution >= 0.6 is 0 Å². The molecule has 0 aliphatic heterocycles. The van der Waals surface area contributed by atoms with Crippen molar-refractivity contribution in [3.63, 3.8) is 0 Å². The summed E-state index contributed by atoms with van der Waals surface area (Å²) in [6.07, 6.45) is 0.103. The molecule has 0 atom stereocenters. The molecule has 0 aromatic heterocycles. The maximum atomic E-state index is 11.9. The summed E-state index contributed by atoms with van der Waals surface area (Å²) in [7, 11) is 1.91. The molecule has 1 aliphatic rings. The van der Waals surface area contributed by atoms with Crippen molar-refractivity contribution in [2.75, 3.05) is 33.4 Å². The highest BCUT2D eigenvalue weighted by molar-refractivity contribution is 4.94. The van der Waals surface area contributed by atoms with Crippen molar-refractivity contribution >= 4 is 0 Å². The Morgan fingerprint density at radius 1 is 1.29 bits per heavy atom. The molecule has 2 N–H and O–H groups in total. The van der Waals surface area contributed by atoms with Crippen molar-refractivity contribution in [2.24, 2.45) is 5.73 Å². The first kappa shape index (κ1) is 14.7. The van der Waals surface area contributed by atoms with Gasteiger partial charge in [0.25, 0.3) is 0 Å². The molecule has 0 saturated heterocycles. The molecule has 1 rings (SSSR count). The molecular weight excluding hydrogens is 233 g/mol. The van der Waals surface area contributed by atoms with Gasteiger partial charge in [-0.1, -0.05) is 12.8 Å². The number of likely N-dealkylation sites (N-methyl/N-ethyl adjacent to an activating group) is 1. The van der Waals surface area contributed by atoms with Crippen LogP contribution < -0.4 is 5.73 Å². The normalized spacial score (nSPS) is 20.1. The number of ether oxygens (including phenoxy) is 1. The highest BCUT2D eigenvalue weighted by Crippen LogP contribution is 2.33. The second kappa shape index (κ2) is 6.02. The van der Waals surface area contributed by atoms with Gasteiger partial charge in [-0.05, 0) is 19.9 Å². The van der Waals surface area contributed by atoms with E-state index in [0.29, 0.717) is 13.1 Å². The van der Waals surface area contributed by atoms with Gasteiger partial charge in [-0.3, -0.25) is 4.90 Å². The Kier molecular flexibility index (Phi) is 5.22. The topological polar surface area (TPSA) is 38.5 Å². The van der Waals surface area contributed by atoms with E-state index in [1.807, 2.05) is 7.05 Å². The van der Waals surface area contributed by atoms with Crippen LogP contribution in [0.25, 0.3) is 0 Å². The molecule has 0 bridgehead atoms. The zero-order valence-corrected chi connectivity index (χ0v) is 10.2. The molecule has 1 saturated carbocycles. The fourth-order valence-corrected chi connectivity index (χ4v) is 2.40. The third-order valence-electron chi connectivity index (χ3n) is 3.56. The van der Waals surface area contributed by atoms with Crippen LogP contribution in [-0.2, 0) is 4.74 Å². The van der Waals surface area contributed by atoms with Crippen LogP contribution in [-0.4, -0.2) is 50.0 Å². The summed E-state index contributed by atoms with van der Waals surface area (Å²) < 4.78 is 40.2. The minimum atomic E-state index is -4.24. The van der Waals surface area contributed by atoms with Gasteiger partial charge in [0.1, 0.15) is 6.61 Å². The van der Waals surface area contributed by atoms with Crippen molar-refractivity contribution in [3.05, 3.63) is 0 Å². The Bertz CT molecular complexity index is 227. The summed E-state index contributed by atoms with van der Waals surface area (Å²) >= 11 is 0. The van der Waals surface area contributed by atoms with E-state index in [-0.39, 0.29) is 12.1 Å². The number of hydrogen-bond donors (Lipinski definition) is 1. The van der Waals surface area contributed by atoms with Gasteiger partial charge < -0.3 is 10.5 Å². The van der Waals surface area contributed by atoms with E-state index in [9.17, 15) is 13.2 Å². The molecule has 6 heteroatoms. The fraction of sp³-hybridized carbons (Fsp3) is 1.00. The third-order valence-corrected chi connectivity index (χ3v) is 3.56. The highest BCUT2D eigenvalue weighted by atomic mass is 19.4. The van der Waals surface area contributed by atoms with Gasteiger partial charge in [-0.15, -0.1) is 0 Å². The summed E-state index contributed by atoms with van der Waals surface area (Å²) in [5.74, 6) is 0. The Labute approximate surface area is 100 Å². The van der Waals surface area contributed by atoms with Crippen LogP contribution in [0.2, 0.25) is 0 Å². The monoisotopic (exact) mass is 254 g/mol. The minimum absolute atomic E-state index is 0.0262. The average molecular weight is 254 g/mol. The molecule has 0 aromatic rings. The minimum Gasteiger partial charge on any atom is -0.371 e. The number of alkyl halides is 3. The lowest BCUT2D eigenvalue weighted by atomic mass is 9.96. The third kappa shape index (κ3) is 4.44. The molecule has 0 radical (unpaired) electrons. The van der Waals surface area contributed by atoms with Gasteiger partial charge in [-0.25, -0.2) is 0 Å². The number of halogens is 3. The summed E-state index contributed by atoms with van der Waals surface area (Å²) in [5, 5.41) is 0. The lowest BCUT2D eigenvalue weighted by Gasteiger charge is -2.37. The maximum Gasteiger partial charge on any atom is 0.411 e. The quantitative estimate of drug-likeness (QED) is 0.734. The van der Waals surface area contributed by atoms with Crippen LogP contribution in [0.4, 0.5) is 13.2 Å². The van der Waals surface area contributed by atoms with Crippen molar-refractivity contribution in [2.45, 2.75) is 37.4 Å². The number of hydrogen-bond acceptors (Lipinski definition) is 3. The molecule has 102 valence electrons. The molecule has 1 aliphatic carbocycles. The van der Waals surface area contributed by atoms with E-state index in [0.717, 1.165) is 25.7 Å². The van der Waals surface area contributed by atoms with Crippen molar-refractivity contribution in [1.29, 1.82) is 0 Å². The van der Waals surface area contributed by atoms with Crippen LogP contribution in [0.3, 0.4) is 0 Å². The zero-order valence-electron chi connectivity index (χ0n) is 10.2. The van der Waals surface area contributed by atoms with Crippen molar-refractivity contribution in [1.82, 2.24) is 4.90 Å². The van der Waals surface area contributed by atoms with Crippen LogP contribution in [0, 0.1) is 0 Å². The lowest BCUT2D eigenvalue weighted by Crippen LogP contribution is -2.51. The molecule has 0 amide bonds. The first-order valence-electron chi connectivity index (χ1n) is 5.95. The maximum absolute atomic E-state index is 11.9. The van der Waals surface area contributed by atoms with Gasteiger partial charge in [0.2, 0.25) is 0 Å². The largest absolute Gasteiger partial charge is 0.411 e. The summed E-state index contributed by atoms with van der Waals surface area (Å²) in [6.45, 7) is -0.0235. The zero-order chi connectivity index (χ0) is 12.9. The molecule has 0 aromatic carbocycles. The second-order valence-corrected chi connectivity index (χ2v) is 4.72. The van der Waals surface area contributed by atoms with Crippen LogP contribution in [0.1, 0.15) is 25.7 Å². The molecule has 1 fully saturated rings. The van der Waals surface area contributed by atoms with Gasteiger partial charge in [-0.2, -0.15) is 13.2 Å². The van der Waals surface area contributed by atoms with E-state index >= 15 is 0 Å². The summed E-state index contributed by atoms with van der Waals surface area (Å²) in [5.41, 5.74) is 5.75. The molecule has 0 spiro atoms. The Morgan fingerprint density at radius 3 is 2.35 bits per heavy atom. The van der Waals surface area contributed by atoms with Gasteiger partial charge in [0, 0.05) is 18.6 Å². The average Bonchev–Trinajstić information content (AvgIpc) is 2.72. The van der Waals surface area contributed by atoms with E-state index in [4.69, 9.17) is 5.73 Å². The molecule has 3 nitrogen and oxygen atoms in total. The molecule has 0 unspecified atom stereocenters. The summed E-state index contributed by atoms with van der Waals surface area (Å²) in [6, 6.07) is 0. The molecule has 0 heterocycles. The second-order valence-electron chi connectivity index (χ2n) is 4.72. The van der Waals surface area contributed by atoms with Gasteiger partial charge in [0.15, 0.2) is 0 Å². The number of nitrogens with two attached hydrogens (primary N) is 1. The van der Waals surface area contributed by atoms with E-state index in [2.05, 4.69) is 9.64 Å². The molecular formula is C11H21F3N2O. The standard InChI is InChI=1S/C11H21F3N2O/c1-16(6-7-17-9-11(12,13)14)10(8-15)4-2-3-5-10/h2-9,15H2,1H3. The SMILES string of the molecule is CN(CCOCC(F)(F)F)C1(CN)CCCC1. The number of rotatable bonds is 6. The summed E-state index contributed by atoms with van der Waals surface area (Å²) in [4.78, 5) is 2.05. The Morgan fingerprint density at radius 2 is 1.88 bits per heavy atom. The van der Waals surface area contributed by atoms with Crippen molar-refractivity contribution in [3.8, 4) is 0 Å². The van der Waals surface area contributed by atoms with Crippen molar-refractivity contribution < 1.29 is 17.9 Å². The van der Waals surface area contributed by atoms with E-state index in [1.165, 1.54) is 0 Å². The Hall–Kier alpha value is -0.330. The smallest absolute Gasteiger partial charge is 0.371 e. The predicted octanol–water partition coefficient (Wildman–Crippen LogP) is 1.77. The number of nitrogens with zero attached hydrogens (tertiary/aromatic N) is 1. The first-order chi connectivity index (χ1) is 7.90. The first-order valence-corrected chi connectivity index (χ1v) is 5.95. The van der Waals surface area contributed by atoms with Gasteiger partial charge >= 0.3 is 6.18 Å².